The lowest BCUT2D eigenvalue weighted by Crippen LogP contribution is -2.12. The Bertz CT molecular complexity index is 672. The van der Waals surface area contributed by atoms with E-state index in [0.29, 0.717) is 0 Å². The normalized spacial score (nSPS) is 11.3. The molecule has 1 N–H and O–H groups in total. The minimum absolute atomic E-state index is 0.0581. The van der Waals surface area contributed by atoms with Crippen molar-refractivity contribution in [3.8, 4) is 0 Å². The largest absolute Gasteiger partial charge is 0.416 e. The number of carbonyl (C=O) groups is 1. The highest BCUT2D eigenvalue weighted by Crippen LogP contribution is 2.30. The molecule has 0 spiro atoms. The molecule has 2 aromatic rings. The van der Waals surface area contributed by atoms with Gasteiger partial charge in [0.15, 0.2) is 0 Å². The van der Waals surface area contributed by atoms with Crippen LogP contribution in [0.15, 0.2) is 36.5 Å². The average Bonchev–Trinajstić information content (AvgIpc) is 2.41. The molecule has 0 fully saturated rings. The van der Waals surface area contributed by atoms with Gasteiger partial charge in [0.1, 0.15) is 5.15 Å². The van der Waals surface area contributed by atoms with E-state index in [1.54, 1.807) is 0 Å². The van der Waals surface area contributed by atoms with E-state index in [0.717, 1.165) is 24.3 Å². The fourth-order valence-corrected chi connectivity index (χ4v) is 1.76. The van der Waals surface area contributed by atoms with Gasteiger partial charge in [-0.3, -0.25) is 4.79 Å². The molecule has 0 aliphatic heterocycles. The van der Waals surface area contributed by atoms with Crippen molar-refractivity contribution in [3.05, 3.63) is 57.8 Å². The number of anilines is 1. The standard InChI is InChI=1S/C13H7Cl2F3N2O/c14-10-5-7(6-19-11(10)15)12(21)20-9-3-1-8(2-4-9)13(16,17)18/h1-6H,(H,20,21). The molecule has 0 saturated carbocycles. The Kier molecular flexibility index (Phi) is 4.39. The molecule has 1 aromatic heterocycles. The Hall–Kier alpha value is -1.79. The molecule has 0 aliphatic carbocycles. The molecular formula is C13H7Cl2F3N2O. The summed E-state index contributed by atoms with van der Waals surface area (Å²) in [4.78, 5) is 15.6. The first kappa shape index (κ1) is 15.6. The van der Waals surface area contributed by atoms with Crippen molar-refractivity contribution >= 4 is 34.8 Å². The first-order valence-electron chi connectivity index (χ1n) is 5.57. The van der Waals surface area contributed by atoms with Gasteiger partial charge in [-0.2, -0.15) is 13.2 Å². The maximum Gasteiger partial charge on any atom is 0.416 e. The van der Waals surface area contributed by atoms with Crippen molar-refractivity contribution < 1.29 is 18.0 Å². The number of amides is 1. The van der Waals surface area contributed by atoms with E-state index in [1.165, 1.54) is 12.3 Å². The van der Waals surface area contributed by atoms with E-state index in [2.05, 4.69) is 10.3 Å². The van der Waals surface area contributed by atoms with Crippen LogP contribution in [0.5, 0.6) is 0 Å². The van der Waals surface area contributed by atoms with Gasteiger partial charge in [-0.25, -0.2) is 4.98 Å². The summed E-state index contributed by atoms with van der Waals surface area (Å²) < 4.78 is 37.2. The van der Waals surface area contributed by atoms with Gasteiger partial charge in [0, 0.05) is 11.9 Å². The summed E-state index contributed by atoms with van der Waals surface area (Å²) in [7, 11) is 0. The van der Waals surface area contributed by atoms with E-state index < -0.39 is 17.6 Å². The summed E-state index contributed by atoms with van der Waals surface area (Å²) in [6, 6.07) is 5.39. The number of carbonyl (C=O) groups excluding carboxylic acids is 1. The van der Waals surface area contributed by atoms with Crippen LogP contribution >= 0.6 is 23.2 Å². The lowest BCUT2D eigenvalue weighted by molar-refractivity contribution is -0.137. The molecule has 110 valence electrons. The van der Waals surface area contributed by atoms with Gasteiger partial charge in [0.25, 0.3) is 5.91 Å². The Morgan fingerprint density at radius 2 is 1.76 bits per heavy atom. The van der Waals surface area contributed by atoms with E-state index in [4.69, 9.17) is 23.2 Å². The van der Waals surface area contributed by atoms with Crippen LogP contribution in [0, 0.1) is 0 Å². The molecule has 0 aliphatic rings. The average molecular weight is 335 g/mol. The maximum atomic E-state index is 12.4. The van der Waals surface area contributed by atoms with Crippen LogP contribution in [0.3, 0.4) is 0 Å². The van der Waals surface area contributed by atoms with Crippen molar-refractivity contribution in [3.63, 3.8) is 0 Å². The Labute approximate surface area is 127 Å². The Morgan fingerprint density at radius 3 is 2.29 bits per heavy atom. The topological polar surface area (TPSA) is 42.0 Å². The third-order valence-electron chi connectivity index (χ3n) is 2.53. The summed E-state index contributed by atoms with van der Waals surface area (Å²) in [5, 5.41) is 2.60. The van der Waals surface area contributed by atoms with Gasteiger partial charge < -0.3 is 5.32 Å². The van der Waals surface area contributed by atoms with Gasteiger partial charge in [0.2, 0.25) is 0 Å². The molecule has 0 unspecified atom stereocenters. The predicted octanol–water partition coefficient (Wildman–Crippen LogP) is 4.66. The maximum absolute atomic E-state index is 12.4. The van der Waals surface area contributed by atoms with Gasteiger partial charge in [-0.15, -0.1) is 0 Å². The van der Waals surface area contributed by atoms with Crippen molar-refractivity contribution in [2.45, 2.75) is 6.18 Å². The summed E-state index contributed by atoms with van der Waals surface area (Å²) in [6.45, 7) is 0. The highest BCUT2D eigenvalue weighted by Gasteiger charge is 2.30. The van der Waals surface area contributed by atoms with E-state index in [9.17, 15) is 18.0 Å². The number of benzene rings is 1. The fourth-order valence-electron chi connectivity index (χ4n) is 1.49. The molecule has 0 saturated heterocycles. The lowest BCUT2D eigenvalue weighted by Gasteiger charge is -2.09. The molecule has 21 heavy (non-hydrogen) atoms. The zero-order valence-electron chi connectivity index (χ0n) is 10.2. The van der Waals surface area contributed by atoms with E-state index >= 15 is 0 Å². The summed E-state index contributed by atoms with van der Waals surface area (Å²) in [5.41, 5.74) is -0.430. The molecule has 1 heterocycles. The quantitative estimate of drug-likeness (QED) is 0.811. The number of nitrogens with zero attached hydrogens (tertiary/aromatic N) is 1. The molecule has 2 rings (SSSR count). The molecule has 1 aromatic carbocycles. The highest BCUT2D eigenvalue weighted by molar-refractivity contribution is 6.41. The molecule has 0 atom stereocenters. The monoisotopic (exact) mass is 334 g/mol. The van der Waals surface area contributed by atoms with Crippen molar-refractivity contribution in [1.29, 1.82) is 0 Å². The van der Waals surface area contributed by atoms with Crippen LogP contribution in [-0.4, -0.2) is 10.9 Å². The van der Waals surface area contributed by atoms with Gasteiger partial charge in [-0.05, 0) is 30.3 Å². The summed E-state index contributed by atoms with van der Waals surface area (Å²) in [6.07, 6.45) is -3.20. The zero-order chi connectivity index (χ0) is 15.6. The van der Waals surface area contributed by atoms with E-state index in [1.807, 2.05) is 0 Å². The first-order valence-corrected chi connectivity index (χ1v) is 6.32. The predicted molar refractivity (Wildman–Crippen MR) is 73.7 cm³/mol. The highest BCUT2D eigenvalue weighted by atomic mass is 35.5. The second-order valence-corrected chi connectivity index (χ2v) is 4.79. The summed E-state index contributed by atoms with van der Waals surface area (Å²) >= 11 is 11.4. The third kappa shape index (κ3) is 3.86. The number of hydrogen-bond acceptors (Lipinski definition) is 2. The van der Waals surface area contributed by atoms with Crippen LogP contribution in [0.1, 0.15) is 15.9 Å². The number of rotatable bonds is 2. The molecule has 3 nitrogen and oxygen atoms in total. The molecule has 8 heteroatoms. The van der Waals surface area contributed by atoms with E-state index in [-0.39, 0.29) is 21.4 Å². The number of halogens is 5. The second-order valence-electron chi connectivity index (χ2n) is 4.03. The van der Waals surface area contributed by atoms with Crippen molar-refractivity contribution in [2.75, 3.05) is 5.32 Å². The minimum atomic E-state index is -4.42. The van der Waals surface area contributed by atoms with Crippen LogP contribution in [0.25, 0.3) is 0 Å². The number of alkyl halides is 3. The van der Waals surface area contributed by atoms with Crippen LogP contribution in [0.4, 0.5) is 18.9 Å². The lowest BCUT2D eigenvalue weighted by atomic mass is 10.2. The molecular weight excluding hydrogens is 328 g/mol. The van der Waals surface area contributed by atoms with Gasteiger partial charge in [-0.1, -0.05) is 23.2 Å². The number of aromatic nitrogens is 1. The van der Waals surface area contributed by atoms with Crippen molar-refractivity contribution in [1.82, 2.24) is 4.98 Å². The minimum Gasteiger partial charge on any atom is -0.322 e. The van der Waals surface area contributed by atoms with Crippen molar-refractivity contribution in [2.24, 2.45) is 0 Å². The smallest absolute Gasteiger partial charge is 0.322 e. The Balaban J connectivity index is 2.14. The van der Waals surface area contributed by atoms with Gasteiger partial charge in [0.05, 0.1) is 16.1 Å². The SMILES string of the molecule is O=C(Nc1ccc(C(F)(F)F)cc1)c1cnc(Cl)c(Cl)c1. The number of nitrogens with one attached hydrogen (secondary N) is 1. The number of pyridine rings is 1. The van der Waals surface area contributed by atoms with Crippen LogP contribution < -0.4 is 5.32 Å². The number of hydrogen-bond donors (Lipinski definition) is 1. The first-order chi connectivity index (χ1) is 9.77. The molecule has 0 bridgehead atoms. The fraction of sp³-hybridized carbons (Fsp3) is 0.0769. The zero-order valence-corrected chi connectivity index (χ0v) is 11.7. The summed E-state index contributed by atoms with van der Waals surface area (Å²) in [5.74, 6) is -0.555. The second kappa shape index (κ2) is 5.91. The van der Waals surface area contributed by atoms with Gasteiger partial charge >= 0.3 is 6.18 Å². The molecule has 1 amide bonds. The van der Waals surface area contributed by atoms with Crippen LogP contribution in [-0.2, 0) is 6.18 Å². The Morgan fingerprint density at radius 1 is 1.14 bits per heavy atom. The third-order valence-corrected chi connectivity index (χ3v) is 3.21. The van der Waals surface area contributed by atoms with Crippen LogP contribution in [0.2, 0.25) is 10.2 Å². The molecule has 0 radical (unpaired) electrons.